The third-order valence-corrected chi connectivity index (χ3v) is 5.38. The summed E-state index contributed by atoms with van der Waals surface area (Å²) < 4.78 is 0. The normalized spacial score (nSPS) is 9.73. The Kier molecular flexibility index (Phi) is 11.8. The Morgan fingerprint density at radius 1 is 0.683 bits per heavy atom. The number of carboxylic acids is 2. The number of anilines is 2. The van der Waals surface area contributed by atoms with Gasteiger partial charge in [0.05, 0.1) is 33.6 Å². The predicted molar refractivity (Wildman–Crippen MR) is 151 cm³/mol. The van der Waals surface area contributed by atoms with Crippen LogP contribution in [-0.2, 0) is 0 Å². The molecule has 4 aromatic rings. The zero-order valence-corrected chi connectivity index (χ0v) is 22.7. The molecule has 0 atom stereocenters. The average Bonchev–Trinajstić information content (AvgIpc) is 2.92. The van der Waals surface area contributed by atoms with Gasteiger partial charge in [-0.2, -0.15) is 0 Å². The predicted octanol–water partition coefficient (Wildman–Crippen LogP) is 5.18. The Hall–Kier alpha value is -4.91. The first kappa shape index (κ1) is 32.3. The van der Waals surface area contributed by atoms with Crippen LogP contribution in [-0.4, -0.2) is 53.5 Å². The number of carbonyl (C=O) groups excluding carboxylic acids is 2. The van der Waals surface area contributed by atoms with Gasteiger partial charge in [0.2, 0.25) is 0 Å². The molecule has 0 saturated carbocycles. The van der Waals surface area contributed by atoms with Gasteiger partial charge in [-0.25, -0.2) is 19.6 Å². The molecule has 1 amide bonds. The molecule has 212 valence electrons. The van der Waals surface area contributed by atoms with Gasteiger partial charge in [0, 0.05) is 12.4 Å². The lowest BCUT2D eigenvalue weighted by atomic mass is 10.2. The van der Waals surface area contributed by atoms with Crippen molar-refractivity contribution >= 4 is 69.3 Å². The molecule has 4 rings (SSSR count). The van der Waals surface area contributed by atoms with Crippen molar-refractivity contribution in [2.75, 3.05) is 11.1 Å². The van der Waals surface area contributed by atoms with Crippen LogP contribution in [0.5, 0.6) is 11.5 Å². The highest BCUT2D eigenvalue weighted by atomic mass is 35.5. The number of phenols is 2. The van der Waals surface area contributed by atoms with E-state index in [1.807, 2.05) is 0 Å². The summed E-state index contributed by atoms with van der Waals surface area (Å²) in [6.45, 7) is 0. The quantitative estimate of drug-likeness (QED) is 0.0739. The van der Waals surface area contributed by atoms with Crippen molar-refractivity contribution in [2.45, 2.75) is 0 Å². The van der Waals surface area contributed by atoms with Gasteiger partial charge in [0.1, 0.15) is 21.8 Å². The first-order valence-electron chi connectivity index (χ1n) is 10.9. The largest absolute Gasteiger partial charge is 0.506 e. The van der Waals surface area contributed by atoms with Crippen molar-refractivity contribution in [3.8, 4) is 11.5 Å². The minimum atomic E-state index is -1.17. The van der Waals surface area contributed by atoms with Gasteiger partial charge in [0.25, 0.3) is 11.1 Å². The maximum absolute atomic E-state index is 11.9. The van der Waals surface area contributed by atoms with Gasteiger partial charge >= 0.3 is 11.9 Å². The summed E-state index contributed by atoms with van der Waals surface area (Å²) in [7, 11) is 0. The summed E-state index contributed by atoms with van der Waals surface area (Å²) in [5, 5.41) is 38.4. The number of benzene rings is 2. The number of aromatic hydroxyl groups is 2. The molecule has 2 aromatic carbocycles. The number of halogens is 3. The minimum absolute atomic E-state index is 0.0247. The van der Waals surface area contributed by atoms with Crippen LogP contribution >= 0.6 is 34.8 Å². The molecule has 0 bridgehead atoms. The van der Waals surface area contributed by atoms with Gasteiger partial charge in [-0.3, -0.25) is 9.59 Å². The van der Waals surface area contributed by atoms with Gasteiger partial charge < -0.3 is 31.5 Å². The van der Waals surface area contributed by atoms with Gasteiger partial charge in [-0.15, -0.1) is 0 Å². The number of nitrogens with two attached hydrogens (primary N) is 1. The number of nitrogens with one attached hydrogen (secondary N) is 1. The molecular weight excluding hydrogens is 603 g/mol. The molecule has 0 aliphatic rings. The van der Waals surface area contributed by atoms with E-state index in [4.69, 9.17) is 55.9 Å². The van der Waals surface area contributed by atoms with E-state index in [0.29, 0.717) is 10.7 Å². The molecule has 15 heteroatoms. The Morgan fingerprint density at radius 2 is 1.15 bits per heavy atom. The fourth-order valence-corrected chi connectivity index (χ4v) is 2.98. The van der Waals surface area contributed by atoms with E-state index in [0.717, 1.165) is 12.1 Å². The number of amides is 1. The van der Waals surface area contributed by atoms with E-state index in [1.54, 1.807) is 0 Å². The molecule has 0 unspecified atom stereocenters. The summed E-state index contributed by atoms with van der Waals surface area (Å²) in [6.07, 6.45) is 2.62. The van der Waals surface area contributed by atoms with Crippen LogP contribution in [0.1, 0.15) is 41.4 Å². The number of nitrogens with zero attached hydrogens (tertiary/aromatic N) is 2. The molecule has 12 nitrogen and oxygen atoms in total. The van der Waals surface area contributed by atoms with Crippen LogP contribution < -0.4 is 11.1 Å². The molecule has 41 heavy (non-hydrogen) atoms. The fraction of sp³-hybridized carbons (Fsp3) is 0. The Morgan fingerprint density at radius 3 is 1.56 bits per heavy atom. The molecule has 0 aliphatic heterocycles. The molecule has 2 heterocycles. The number of aromatic carboxylic acids is 2. The average molecular weight is 622 g/mol. The van der Waals surface area contributed by atoms with E-state index < -0.39 is 23.1 Å². The summed E-state index contributed by atoms with van der Waals surface area (Å²) in [6, 6.07) is 13.4. The number of phenolic OH excluding ortho intramolecular Hbond substituents is 2. The van der Waals surface area contributed by atoms with Crippen molar-refractivity contribution in [3.05, 3.63) is 106 Å². The molecule has 0 spiro atoms. The van der Waals surface area contributed by atoms with Crippen molar-refractivity contribution in [1.29, 1.82) is 0 Å². The number of carbonyl (C=O) groups is 4. The van der Waals surface area contributed by atoms with Crippen molar-refractivity contribution in [1.82, 2.24) is 9.97 Å². The SMILES string of the molecule is Nc1ccc(C(=O)O)cc1O.O=C(Cl)c1ccc(Cl)nc1.O=C(O)c1ccc(NC(=O)c2ccc(Cl)nc2)c(O)c1. The van der Waals surface area contributed by atoms with Crippen LogP contribution in [0, 0.1) is 0 Å². The fourth-order valence-electron chi connectivity index (χ4n) is 2.64. The number of rotatable bonds is 5. The lowest BCUT2D eigenvalue weighted by Gasteiger charge is -2.07. The number of pyridine rings is 2. The van der Waals surface area contributed by atoms with E-state index >= 15 is 0 Å². The van der Waals surface area contributed by atoms with Gasteiger partial charge in [0.15, 0.2) is 0 Å². The standard InChI is InChI=1S/C13H9ClN2O4.C7H7NO3.C6H3Cl2NO/c14-11-4-2-8(6-15-11)12(18)16-9-3-1-7(13(19)20)5-10(9)17;8-5-2-1-4(7(10)11)3-6(5)9;7-5-2-1-4(3-9-5)6(8)10/h1-6,17H,(H,16,18)(H,19,20);1-3,9H,8H2,(H,10,11);1-3H. The summed E-state index contributed by atoms with van der Waals surface area (Å²) in [5.41, 5.74) is 6.09. The summed E-state index contributed by atoms with van der Waals surface area (Å²) in [5.74, 6) is -3.28. The first-order valence-corrected chi connectivity index (χ1v) is 12.0. The zero-order chi connectivity index (χ0) is 30.7. The maximum Gasteiger partial charge on any atom is 0.335 e. The van der Waals surface area contributed by atoms with Gasteiger partial charge in [-0.05, 0) is 72.3 Å². The highest BCUT2D eigenvalue weighted by Gasteiger charge is 2.12. The minimum Gasteiger partial charge on any atom is -0.506 e. The lowest BCUT2D eigenvalue weighted by Crippen LogP contribution is -2.12. The zero-order valence-electron chi connectivity index (χ0n) is 20.5. The third kappa shape index (κ3) is 10.3. The highest BCUT2D eigenvalue weighted by molar-refractivity contribution is 6.67. The lowest BCUT2D eigenvalue weighted by molar-refractivity contribution is 0.0686. The Labute approximate surface area is 246 Å². The van der Waals surface area contributed by atoms with Crippen LogP contribution in [0.15, 0.2) is 73.1 Å². The Bertz CT molecular complexity index is 1570. The number of carboxylic acid groups (broad SMARTS) is 2. The number of hydrogen-bond acceptors (Lipinski definition) is 9. The van der Waals surface area contributed by atoms with Crippen molar-refractivity contribution < 1.29 is 39.6 Å². The van der Waals surface area contributed by atoms with Gasteiger partial charge in [-0.1, -0.05) is 23.2 Å². The van der Waals surface area contributed by atoms with Crippen LogP contribution in [0.2, 0.25) is 10.3 Å². The molecule has 0 fully saturated rings. The van der Waals surface area contributed by atoms with E-state index in [9.17, 15) is 24.3 Å². The van der Waals surface area contributed by atoms with E-state index in [2.05, 4.69) is 15.3 Å². The topological polar surface area (TPSA) is 213 Å². The summed E-state index contributed by atoms with van der Waals surface area (Å²) in [4.78, 5) is 50.8. The van der Waals surface area contributed by atoms with E-state index in [-0.39, 0.29) is 44.7 Å². The second-order valence-electron chi connectivity index (χ2n) is 7.58. The Balaban J connectivity index is 0.000000236. The van der Waals surface area contributed by atoms with Crippen LogP contribution in [0.4, 0.5) is 11.4 Å². The van der Waals surface area contributed by atoms with Crippen LogP contribution in [0.3, 0.4) is 0 Å². The molecule has 0 aliphatic carbocycles. The van der Waals surface area contributed by atoms with E-state index in [1.165, 1.54) is 60.9 Å². The second kappa shape index (κ2) is 15.0. The second-order valence-corrected chi connectivity index (χ2v) is 8.70. The number of nitrogen functional groups attached to an aromatic ring is 1. The highest BCUT2D eigenvalue weighted by Crippen LogP contribution is 2.25. The molecule has 0 saturated heterocycles. The monoisotopic (exact) mass is 620 g/mol. The van der Waals surface area contributed by atoms with Crippen molar-refractivity contribution in [2.24, 2.45) is 0 Å². The summed E-state index contributed by atoms with van der Waals surface area (Å²) >= 11 is 16.2. The number of hydrogen-bond donors (Lipinski definition) is 6. The smallest absolute Gasteiger partial charge is 0.335 e. The van der Waals surface area contributed by atoms with Crippen molar-refractivity contribution in [3.63, 3.8) is 0 Å². The number of aromatic nitrogens is 2. The first-order chi connectivity index (χ1) is 19.3. The van der Waals surface area contributed by atoms with Crippen LogP contribution in [0.25, 0.3) is 0 Å². The molecule has 0 radical (unpaired) electrons. The molecular formula is C26H19Cl3N4O8. The third-order valence-electron chi connectivity index (χ3n) is 4.71. The molecule has 7 N–H and O–H groups in total. The molecule has 2 aromatic heterocycles. The maximum atomic E-state index is 11.9.